The van der Waals surface area contributed by atoms with E-state index >= 15 is 0 Å². The van der Waals surface area contributed by atoms with E-state index in [1.807, 2.05) is 55.5 Å². The molecule has 0 amide bonds. The second kappa shape index (κ2) is 7.46. The average molecular weight is 323 g/mol. The molecule has 0 saturated carbocycles. The van der Waals surface area contributed by atoms with Gasteiger partial charge < -0.3 is 13.9 Å². The third-order valence-electron chi connectivity index (χ3n) is 3.31. The van der Waals surface area contributed by atoms with Gasteiger partial charge in [-0.05, 0) is 25.1 Å². The third-order valence-corrected chi connectivity index (χ3v) is 3.31. The Bertz CT molecular complexity index is 833. The number of ether oxygens (including phenoxy) is 2. The minimum Gasteiger partial charge on any atom is -0.493 e. The molecular formula is C19H17NO4. The zero-order valence-electron chi connectivity index (χ0n) is 13.3. The third kappa shape index (κ3) is 3.81. The Morgan fingerprint density at radius 2 is 1.96 bits per heavy atom. The Kier molecular flexibility index (Phi) is 4.91. The molecule has 0 aliphatic rings. The SMILES string of the molecule is CCOc1ccccc1COC(=O)/C=C/c1nc2ccccc2o1. The lowest BCUT2D eigenvalue weighted by Gasteiger charge is -2.09. The predicted octanol–water partition coefficient (Wildman–Crippen LogP) is 3.98. The van der Waals surface area contributed by atoms with Crippen molar-refractivity contribution in [1.29, 1.82) is 0 Å². The van der Waals surface area contributed by atoms with Crippen molar-refractivity contribution in [3.63, 3.8) is 0 Å². The van der Waals surface area contributed by atoms with Crippen LogP contribution in [-0.2, 0) is 16.1 Å². The van der Waals surface area contributed by atoms with Crippen LogP contribution in [0.4, 0.5) is 0 Å². The van der Waals surface area contributed by atoms with E-state index in [2.05, 4.69) is 4.98 Å². The van der Waals surface area contributed by atoms with Crippen LogP contribution in [0.15, 0.2) is 59.0 Å². The Labute approximate surface area is 139 Å². The first-order valence-corrected chi connectivity index (χ1v) is 7.67. The lowest BCUT2D eigenvalue weighted by Crippen LogP contribution is -2.03. The molecule has 0 aliphatic heterocycles. The summed E-state index contributed by atoms with van der Waals surface area (Å²) in [6, 6.07) is 14.9. The van der Waals surface area contributed by atoms with E-state index in [0.29, 0.717) is 18.1 Å². The highest BCUT2D eigenvalue weighted by atomic mass is 16.5. The van der Waals surface area contributed by atoms with E-state index in [1.165, 1.54) is 12.2 Å². The minimum absolute atomic E-state index is 0.146. The molecule has 0 unspecified atom stereocenters. The molecule has 24 heavy (non-hydrogen) atoms. The van der Waals surface area contributed by atoms with E-state index in [0.717, 1.165) is 16.8 Å². The predicted molar refractivity (Wildman–Crippen MR) is 90.5 cm³/mol. The van der Waals surface area contributed by atoms with Crippen molar-refractivity contribution >= 4 is 23.1 Å². The number of benzene rings is 2. The van der Waals surface area contributed by atoms with Crippen LogP contribution in [0.2, 0.25) is 0 Å². The lowest BCUT2D eigenvalue weighted by atomic mass is 10.2. The van der Waals surface area contributed by atoms with Crippen molar-refractivity contribution in [2.45, 2.75) is 13.5 Å². The van der Waals surface area contributed by atoms with E-state index in [9.17, 15) is 4.79 Å². The summed E-state index contributed by atoms with van der Waals surface area (Å²) >= 11 is 0. The second-order valence-corrected chi connectivity index (χ2v) is 5.00. The zero-order valence-corrected chi connectivity index (χ0v) is 13.3. The number of hydrogen-bond donors (Lipinski definition) is 0. The highest BCUT2D eigenvalue weighted by Crippen LogP contribution is 2.19. The molecule has 1 heterocycles. The first kappa shape index (κ1) is 15.8. The molecule has 5 nitrogen and oxygen atoms in total. The van der Waals surface area contributed by atoms with Crippen LogP contribution in [0.25, 0.3) is 17.2 Å². The van der Waals surface area contributed by atoms with Crippen LogP contribution >= 0.6 is 0 Å². The largest absolute Gasteiger partial charge is 0.493 e. The van der Waals surface area contributed by atoms with Crippen LogP contribution in [0, 0.1) is 0 Å². The number of rotatable bonds is 6. The number of para-hydroxylation sites is 3. The van der Waals surface area contributed by atoms with Gasteiger partial charge in [0, 0.05) is 17.7 Å². The summed E-state index contributed by atoms with van der Waals surface area (Å²) in [6.07, 6.45) is 2.80. The fraction of sp³-hybridized carbons (Fsp3) is 0.158. The van der Waals surface area contributed by atoms with Crippen LogP contribution in [0.1, 0.15) is 18.4 Å². The Hall–Kier alpha value is -3.08. The fourth-order valence-corrected chi connectivity index (χ4v) is 2.22. The number of carbonyl (C=O) groups is 1. The highest BCUT2D eigenvalue weighted by Gasteiger charge is 2.06. The van der Waals surface area contributed by atoms with Crippen LogP contribution in [0.5, 0.6) is 5.75 Å². The van der Waals surface area contributed by atoms with Crippen molar-refractivity contribution in [1.82, 2.24) is 4.98 Å². The minimum atomic E-state index is -0.469. The van der Waals surface area contributed by atoms with Gasteiger partial charge in [-0.25, -0.2) is 9.78 Å². The zero-order chi connectivity index (χ0) is 16.8. The molecule has 1 aromatic heterocycles. The molecule has 0 saturated heterocycles. The van der Waals surface area contributed by atoms with Gasteiger partial charge in [0.05, 0.1) is 6.61 Å². The first-order chi connectivity index (χ1) is 11.8. The summed E-state index contributed by atoms with van der Waals surface area (Å²) in [6.45, 7) is 2.61. The van der Waals surface area contributed by atoms with Crippen LogP contribution in [0.3, 0.4) is 0 Å². The van der Waals surface area contributed by atoms with Crippen molar-refractivity contribution in [3.8, 4) is 5.75 Å². The van der Waals surface area contributed by atoms with Crippen molar-refractivity contribution < 1.29 is 18.7 Å². The van der Waals surface area contributed by atoms with Gasteiger partial charge in [-0.1, -0.05) is 30.3 Å². The number of hydrogen-bond acceptors (Lipinski definition) is 5. The van der Waals surface area contributed by atoms with E-state index in [4.69, 9.17) is 13.9 Å². The summed E-state index contributed by atoms with van der Waals surface area (Å²) in [5, 5.41) is 0. The van der Waals surface area contributed by atoms with Crippen molar-refractivity contribution in [2.75, 3.05) is 6.61 Å². The molecule has 0 radical (unpaired) electrons. The summed E-state index contributed by atoms with van der Waals surface area (Å²) in [4.78, 5) is 16.1. The van der Waals surface area contributed by atoms with Gasteiger partial charge in [-0.3, -0.25) is 0 Å². The standard InChI is InChI=1S/C19H17NO4/c1-2-22-16-9-5-3-7-14(16)13-23-19(21)12-11-18-20-15-8-4-6-10-17(15)24-18/h3-12H,2,13H2,1H3/b12-11+. The number of oxazole rings is 1. The number of fused-ring (bicyclic) bond motifs is 1. The van der Waals surface area contributed by atoms with Crippen molar-refractivity contribution in [2.24, 2.45) is 0 Å². The Morgan fingerprint density at radius 3 is 2.79 bits per heavy atom. The van der Waals surface area contributed by atoms with Gasteiger partial charge in [0.15, 0.2) is 5.58 Å². The van der Waals surface area contributed by atoms with Crippen LogP contribution in [-0.4, -0.2) is 17.6 Å². The molecule has 0 aliphatic carbocycles. The van der Waals surface area contributed by atoms with Gasteiger partial charge in [-0.2, -0.15) is 0 Å². The number of esters is 1. The highest BCUT2D eigenvalue weighted by molar-refractivity contribution is 5.87. The molecule has 0 fully saturated rings. The molecule has 0 bridgehead atoms. The van der Waals surface area contributed by atoms with E-state index in [-0.39, 0.29) is 6.61 Å². The Balaban J connectivity index is 1.61. The Morgan fingerprint density at radius 1 is 1.17 bits per heavy atom. The van der Waals surface area contributed by atoms with Crippen molar-refractivity contribution in [3.05, 3.63) is 66.1 Å². The molecular weight excluding hydrogens is 306 g/mol. The summed E-state index contributed by atoms with van der Waals surface area (Å²) < 4.78 is 16.2. The number of aromatic nitrogens is 1. The molecule has 0 spiro atoms. The maximum absolute atomic E-state index is 11.9. The van der Waals surface area contributed by atoms with E-state index in [1.54, 1.807) is 0 Å². The maximum atomic E-state index is 11.9. The monoisotopic (exact) mass is 323 g/mol. The molecule has 2 aromatic carbocycles. The van der Waals surface area contributed by atoms with Crippen LogP contribution < -0.4 is 4.74 Å². The molecule has 3 aromatic rings. The topological polar surface area (TPSA) is 61.6 Å². The molecule has 0 N–H and O–H groups in total. The maximum Gasteiger partial charge on any atom is 0.331 e. The fourth-order valence-electron chi connectivity index (χ4n) is 2.22. The molecule has 122 valence electrons. The summed E-state index contributed by atoms with van der Waals surface area (Å²) in [5.41, 5.74) is 2.25. The van der Waals surface area contributed by atoms with Gasteiger partial charge >= 0.3 is 5.97 Å². The number of nitrogens with zero attached hydrogens (tertiary/aromatic N) is 1. The number of carbonyl (C=O) groups excluding carboxylic acids is 1. The van der Waals surface area contributed by atoms with Gasteiger partial charge in [0.25, 0.3) is 0 Å². The molecule has 0 atom stereocenters. The summed E-state index contributed by atoms with van der Waals surface area (Å²) in [7, 11) is 0. The second-order valence-electron chi connectivity index (χ2n) is 5.00. The summed E-state index contributed by atoms with van der Waals surface area (Å²) in [5.74, 6) is 0.613. The quantitative estimate of drug-likeness (QED) is 0.507. The average Bonchev–Trinajstić information content (AvgIpc) is 3.02. The molecule has 3 rings (SSSR count). The normalized spacial score (nSPS) is 11.0. The first-order valence-electron chi connectivity index (χ1n) is 7.67. The molecule has 5 heteroatoms. The van der Waals surface area contributed by atoms with E-state index < -0.39 is 5.97 Å². The smallest absolute Gasteiger partial charge is 0.331 e. The van der Waals surface area contributed by atoms with Gasteiger partial charge in [0.1, 0.15) is 17.9 Å². The lowest BCUT2D eigenvalue weighted by molar-refractivity contribution is -0.138. The van der Waals surface area contributed by atoms with Gasteiger partial charge in [-0.15, -0.1) is 0 Å². The van der Waals surface area contributed by atoms with Gasteiger partial charge in [0.2, 0.25) is 5.89 Å².